The standard InChI is InChI=1S/C23H22FN3O4S/c1-16-7-11-19(12-8-16)27(32(30,31)20-13-9-18(24)10-14-20)15-23(29)26-25-17(2)21-5-3-4-6-22(21)28/h3-14,28H,15H2,1-2H3,(H,26,29)/b25-17-. The van der Waals surface area contributed by atoms with Crippen LogP contribution in [0.3, 0.4) is 0 Å². The molecular formula is C23H22FN3O4S. The minimum absolute atomic E-state index is 0.00293. The molecule has 0 aliphatic rings. The zero-order valence-electron chi connectivity index (χ0n) is 17.5. The van der Waals surface area contributed by atoms with Crippen LogP contribution in [0.15, 0.2) is 82.8 Å². The highest BCUT2D eigenvalue weighted by molar-refractivity contribution is 7.92. The summed E-state index contributed by atoms with van der Waals surface area (Å²) in [6.45, 7) is 2.90. The zero-order valence-corrected chi connectivity index (χ0v) is 18.3. The Morgan fingerprint density at radius 1 is 1.03 bits per heavy atom. The molecule has 0 aliphatic heterocycles. The van der Waals surface area contributed by atoms with E-state index < -0.39 is 28.3 Å². The molecule has 0 bridgehead atoms. The number of hydrogen-bond donors (Lipinski definition) is 2. The molecule has 3 aromatic carbocycles. The summed E-state index contributed by atoms with van der Waals surface area (Å²) in [6, 6.07) is 17.5. The number of nitrogens with zero attached hydrogens (tertiary/aromatic N) is 2. The average Bonchev–Trinajstić information content (AvgIpc) is 2.77. The molecule has 3 rings (SSSR count). The summed E-state index contributed by atoms with van der Waals surface area (Å²) >= 11 is 0. The predicted octanol–water partition coefficient (Wildman–Crippen LogP) is 3.58. The predicted molar refractivity (Wildman–Crippen MR) is 121 cm³/mol. The van der Waals surface area contributed by atoms with E-state index in [2.05, 4.69) is 10.5 Å². The summed E-state index contributed by atoms with van der Waals surface area (Å²) in [6.07, 6.45) is 0. The summed E-state index contributed by atoms with van der Waals surface area (Å²) in [5, 5.41) is 13.9. The fourth-order valence-corrected chi connectivity index (χ4v) is 4.33. The first-order valence-electron chi connectivity index (χ1n) is 9.65. The lowest BCUT2D eigenvalue weighted by molar-refractivity contribution is -0.119. The van der Waals surface area contributed by atoms with E-state index in [0.717, 1.165) is 34.1 Å². The lowest BCUT2D eigenvalue weighted by Crippen LogP contribution is -2.39. The van der Waals surface area contributed by atoms with Crippen molar-refractivity contribution in [3.05, 3.63) is 89.7 Å². The summed E-state index contributed by atoms with van der Waals surface area (Å²) in [4.78, 5) is 12.4. The second-order valence-corrected chi connectivity index (χ2v) is 8.91. The smallest absolute Gasteiger partial charge is 0.264 e. The number of sulfonamides is 1. The van der Waals surface area contributed by atoms with Gasteiger partial charge in [0, 0.05) is 5.56 Å². The van der Waals surface area contributed by atoms with Crippen LogP contribution in [0, 0.1) is 12.7 Å². The van der Waals surface area contributed by atoms with Gasteiger partial charge in [0.25, 0.3) is 15.9 Å². The van der Waals surface area contributed by atoms with Gasteiger partial charge in [0.15, 0.2) is 0 Å². The number of anilines is 1. The number of nitrogens with one attached hydrogen (secondary N) is 1. The molecular weight excluding hydrogens is 433 g/mol. The van der Waals surface area contributed by atoms with Gasteiger partial charge in [-0.25, -0.2) is 18.2 Å². The van der Waals surface area contributed by atoms with Gasteiger partial charge in [-0.3, -0.25) is 9.10 Å². The van der Waals surface area contributed by atoms with Gasteiger partial charge < -0.3 is 5.11 Å². The number of hydrogen-bond acceptors (Lipinski definition) is 5. The van der Waals surface area contributed by atoms with Gasteiger partial charge in [-0.05, 0) is 62.4 Å². The molecule has 3 aromatic rings. The molecule has 2 N–H and O–H groups in total. The lowest BCUT2D eigenvalue weighted by Gasteiger charge is -2.24. The quantitative estimate of drug-likeness (QED) is 0.420. The Morgan fingerprint density at radius 3 is 2.28 bits per heavy atom. The molecule has 9 heteroatoms. The molecule has 0 radical (unpaired) electrons. The van der Waals surface area contributed by atoms with Crippen LogP contribution in [0.4, 0.5) is 10.1 Å². The van der Waals surface area contributed by atoms with E-state index in [0.29, 0.717) is 11.3 Å². The molecule has 0 unspecified atom stereocenters. The number of aryl methyl sites for hydroxylation is 1. The lowest BCUT2D eigenvalue weighted by atomic mass is 10.1. The molecule has 0 saturated carbocycles. The molecule has 7 nitrogen and oxygen atoms in total. The van der Waals surface area contributed by atoms with Crippen LogP contribution < -0.4 is 9.73 Å². The van der Waals surface area contributed by atoms with E-state index >= 15 is 0 Å². The summed E-state index contributed by atoms with van der Waals surface area (Å²) in [5.74, 6) is -1.26. The minimum atomic E-state index is -4.16. The Morgan fingerprint density at radius 2 is 1.66 bits per heavy atom. The van der Waals surface area contributed by atoms with Crippen molar-refractivity contribution >= 4 is 27.3 Å². The van der Waals surface area contributed by atoms with E-state index in [1.807, 2.05) is 6.92 Å². The number of para-hydroxylation sites is 1. The fraction of sp³-hybridized carbons (Fsp3) is 0.130. The van der Waals surface area contributed by atoms with E-state index in [9.17, 15) is 22.7 Å². The van der Waals surface area contributed by atoms with Gasteiger partial charge in [0.1, 0.15) is 18.1 Å². The first-order valence-corrected chi connectivity index (χ1v) is 11.1. The van der Waals surface area contributed by atoms with Gasteiger partial charge in [-0.2, -0.15) is 5.10 Å². The van der Waals surface area contributed by atoms with Crippen LogP contribution >= 0.6 is 0 Å². The highest BCUT2D eigenvalue weighted by Crippen LogP contribution is 2.24. The number of benzene rings is 3. The number of hydrazone groups is 1. The second-order valence-electron chi connectivity index (χ2n) is 7.05. The van der Waals surface area contributed by atoms with Gasteiger partial charge >= 0.3 is 0 Å². The Labute approximate surface area is 185 Å². The summed E-state index contributed by atoms with van der Waals surface area (Å²) < 4.78 is 40.7. The van der Waals surface area contributed by atoms with Crippen molar-refractivity contribution in [2.45, 2.75) is 18.7 Å². The van der Waals surface area contributed by atoms with Gasteiger partial charge in [-0.15, -0.1) is 0 Å². The third-order valence-corrected chi connectivity index (χ3v) is 6.44. The molecule has 32 heavy (non-hydrogen) atoms. The molecule has 0 aliphatic carbocycles. The van der Waals surface area contributed by atoms with Crippen molar-refractivity contribution in [3.63, 3.8) is 0 Å². The molecule has 0 aromatic heterocycles. The van der Waals surface area contributed by atoms with Crippen molar-refractivity contribution in [1.29, 1.82) is 0 Å². The van der Waals surface area contributed by atoms with Gasteiger partial charge in [0.2, 0.25) is 0 Å². The van der Waals surface area contributed by atoms with E-state index in [4.69, 9.17) is 0 Å². The average molecular weight is 456 g/mol. The highest BCUT2D eigenvalue weighted by atomic mass is 32.2. The largest absolute Gasteiger partial charge is 0.507 e. The van der Waals surface area contributed by atoms with Crippen LogP contribution in [0.1, 0.15) is 18.1 Å². The number of carbonyl (C=O) groups excluding carboxylic acids is 1. The maximum absolute atomic E-state index is 13.3. The minimum Gasteiger partial charge on any atom is -0.507 e. The van der Waals surface area contributed by atoms with Crippen molar-refractivity contribution < 1.29 is 22.7 Å². The van der Waals surface area contributed by atoms with Crippen molar-refractivity contribution in [1.82, 2.24) is 5.43 Å². The van der Waals surface area contributed by atoms with Crippen LogP contribution in [0.2, 0.25) is 0 Å². The maximum atomic E-state index is 13.3. The number of phenols is 1. The first kappa shape index (κ1) is 23.0. The number of aromatic hydroxyl groups is 1. The van der Waals surface area contributed by atoms with Crippen LogP contribution in [0.25, 0.3) is 0 Å². The summed E-state index contributed by atoms with van der Waals surface area (Å²) in [7, 11) is -4.16. The van der Waals surface area contributed by atoms with E-state index in [1.165, 1.54) is 6.07 Å². The van der Waals surface area contributed by atoms with Crippen molar-refractivity contribution in [2.75, 3.05) is 10.8 Å². The van der Waals surface area contributed by atoms with Gasteiger partial charge in [-0.1, -0.05) is 29.8 Å². The maximum Gasteiger partial charge on any atom is 0.264 e. The normalized spacial score (nSPS) is 11.8. The van der Waals surface area contributed by atoms with E-state index in [-0.39, 0.29) is 16.3 Å². The molecule has 0 saturated heterocycles. The Balaban J connectivity index is 1.88. The number of halogens is 1. The number of carbonyl (C=O) groups is 1. The Kier molecular flexibility index (Phi) is 6.89. The number of phenolic OH excluding ortho intramolecular Hbond substituents is 1. The monoisotopic (exact) mass is 455 g/mol. The first-order chi connectivity index (χ1) is 15.2. The number of rotatable bonds is 7. The van der Waals surface area contributed by atoms with E-state index in [1.54, 1.807) is 49.4 Å². The molecule has 166 valence electrons. The third-order valence-electron chi connectivity index (χ3n) is 4.65. The van der Waals surface area contributed by atoms with Gasteiger partial charge in [0.05, 0.1) is 16.3 Å². The Bertz CT molecular complexity index is 1240. The highest BCUT2D eigenvalue weighted by Gasteiger charge is 2.27. The molecule has 0 heterocycles. The second kappa shape index (κ2) is 9.61. The fourth-order valence-electron chi connectivity index (χ4n) is 2.91. The molecule has 0 spiro atoms. The molecule has 0 atom stereocenters. The van der Waals surface area contributed by atoms with Crippen molar-refractivity contribution in [3.8, 4) is 5.75 Å². The molecule has 1 amide bonds. The van der Waals surface area contributed by atoms with Crippen LogP contribution in [0.5, 0.6) is 5.75 Å². The van der Waals surface area contributed by atoms with Crippen LogP contribution in [-0.2, 0) is 14.8 Å². The Hall–Kier alpha value is -3.72. The number of amides is 1. The topological polar surface area (TPSA) is 99.1 Å². The van der Waals surface area contributed by atoms with Crippen LogP contribution in [-0.4, -0.2) is 31.7 Å². The summed E-state index contributed by atoms with van der Waals surface area (Å²) in [5.41, 5.74) is 4.30. The molecule has 0 fully saturated rings. The third kappa shape index (κ3) is 5.30. The van der Waals surface area contributed by atoms with Crippen molar-refractivity contribution in [2.24, 2.45) is 5.10 Å². The SMILES string of the molecule is C/C(=N/NC(=O)CN(c1ccc(C)cc1)S(=O)(=O)c1ccc(F)cc1)c1ccccc1O. The zero-order chi connectivity index (χ0) is 23.3.